The maximum Gasteiger partial charge on any atom is 0.222 e. The Morgan fingerprint density at radius 3 is 2.73 bits per heavy atom. The molecule has 1 N–H and O–H groups in total. The maximum atomic E-state index is 13.2. The summed E-state index contributed by atoms with van der Waals surface area (Å²) in [7, 11) is 1.59. The number of carbonyl (C=O) groups is 1. The third kappa shape index (κ3) is 6.76. The van der Waals surface area contributed by atoms with E-state index in [4.69, 9.17) is 21.1 Å². The molecule has 0 spiro atoms. The molecule has 1 fully saturated rings. The van der Waals surface area contributed by atoms with E-state index in [0.717, 1.165) is 38.0 Å². The summed E-state index contributed by atoms with van der Waals surface area (Å²) in [6.45, 7) is 3.47. The first-order valence-corrected chi connectivity index (χ1v) is 10.2. The van der Waals surface area contributed by atoms with E-state index in [1.807, 2.05) is 23.1 Å². The van der Waals surface area contributed by atoms with Crippen LogP contribution in [0.2, 0.25) is 5.02 Å². The van der Waals surface area contributed by atoms with Crippen molar-refractivity contribution in [3.8, 4) is 11.5 Å². The Hall–Kier alpha value is -2.02. The summed E-state index contributed by atoms with van der Waals surface area (Å²) in [4.78, 5) is 13.5. The highest BCUT2D eigenvalue weighted by molar-refractivity contribution is 6.31. The third-order valence-corrected chi connectivity index (χ3v) is 5.26. The average molecular weight is 457 g/mol. The van der Waals surface area contributed by atoms with Crippen molar-refractivity contribution in [1.29, 1.82) is 0 Å². The van der Waals surface area contributed by atoms with E-state index in [9.17, 15) is 9.18 Å². The molecule has 0 aromatic heterocycles. The number of nitrogens with zero attached hydrogens (tertiary/aromatic N) is 1. The number of ether oxygens (including phenoxy) is 2. The van der Waals surface area contributed by atoms with Gasteiger partial charge in [-0.25, -0.2) is 4.39 Å². The molecular formula is C22H27Cl2FN2O3. The van der Waals surface area contributed by atoms with Crippen molar-refractivity contribution in [3.63, 3.8) is 0 Å². The van der Waals surface area contributed by atoms with Crippen LogP contribution in [-0.2, 0) is 17.9 Å². The minimum absolute atomic E-state index is 0. The predicted octanol–water partition coefficient (Wildman–Crippen LogP) is 4.59. The van der Waals surface area contributed by atoms with Gasteiger partial charge in [-0.1, -0.05) is 23.7 Å². The second-order valence-corrected chi connectivity index (χ2v) is 7.43. The van der Waals surface area contributed by atoms with Gasteiger partial charge >= 0.3 is 0 Å². The number of likely N-dealkylation sites (tertiary alicyclic amines) is 1. The molecule has 1 heterocycles. The summed E-state index contributed by atoms with van der Waals surface area (Å²) in [5, 5.41) is 3.73. The van der Waals surface area contributed by atoms with E-state index < -0.39 is 0 Å². The van der Waals surface area contributed by atoms with Crippen molar-refractivity contribution in [2.75, 3.05) is 26.7 Å². The fourth-order valence-electron chi connectivity index (χ4n) is 3.30. The molecule has 5 nitrogen and oxygen atoms in total. The molecule has 0 atom stereocenters. The highest BCUT2D eigenvalue weighted by Gasteiger charge is 2.18. The van der Waals surface area contributed by atoms with Gasteiger partial charge in [-0.05, 0) is 49.2 Å². The first kappa shape index (κ1) is 24.3. The molecule has 0 unspecified atom stereocenters. The number of hydrogen-bond acceptors (Lipinski definition) is 4. The Morgan fingerprint density at radius 2 is 2.03 bits per heavy atom. The minimum Gasteiger partial charge on any atom is -0.493 e. The molecule has 0 bridgehead atoms. The number of methoxy groups -OCH3 is 1. The monoisotopic (exact) mass is 456 g/mol. The number of benzene rings is 2. The van der Waals surface area contributed by atoms with Gasteiger partial charge in [-0.3, -0.25) is 4.79 Å². The number of halogens is 3. The summed E-state index contributed by atoms with van der Waals surface area (Å²) in [5.41, 5.74) is 1.78. The van der Waals surface area contributed by atoms with E-state index in [-0.39, 0.29) is 30.7 Å². The molecular weight excluding hydrogens is 430 g/mol. The van der Waals surface area contributed by atoms with Gasteiger partial charge in [0.25, 0.3) is 0 Å². The molecule has 1 saturated heterocycles. The molecule has 1 aliphatic rings. The van der Waals surface area contributed by atoms with Gasteiger partial charge < -0.3 is 19.7 Å². The van der Waals surface area contributed by atoms with Gasteiger partial charge in [-0.15, -0.1) is 12.4 Å². The Labute approximate surface area is 187 Å². The van der Waals surface area contributed by atoms with Crippen molar-refractivity contribution in [2.45, 2.75) is 32.4 Å². The fraction of sp³-hybridized carbons (Fsp3) is 0.409. The fourth-order valence-corrected chi connectivity index (χ4v) is 3.53. The van der Waals surface area contributed by atoms with Crippen LogP contribution in [0.4, 0.5) is 4.39 Å². The van der Waals surface area contributed by atoms with Gasteiger partial charge in [0, 0.05) is 31.6 Å². The van der Waals surface area contributed by atoms with Crippen molar-refractivity contribution < 1.29 is 18.7 Å². The molecule has 0 radical (unpaired) electrons. The van der Waals surface area contributed by atoms with Crippen molar-refractivity contribution in [1.82, 2.24) is 10.2 Å². The van der Waals surface area contributed by atoms with Crippen LogP contribution in [0.1, 0.15) is 30.4 Å². The van der Waals surface area contributed by atoms with Crippen LogP contribution in [0.5, 0.6) is 11.5 Å². The second kappa shape index (κ2) is 12.0. The summed E-state index contributed by atoms with van der Waals surface area (Å²) in [6, 6.07) is 10.00. The quantitative estimate of drug-likeness (QED) is 0.531. The van der Waals surface area contributed by atoms with Gasteiger partial charge in [0.2, 0.25) is 5.91 Å². The summed E-state index contributed by atoms with van der Waals surface area (Å²) in [5.74, 6) is 1.13. The van der Waals surface area contributed by atoms with Gasteiger partial charge in [0.15, 0.2) is 11.5 Å². The topological polar surface area (TPSA) is 50.8 Å². The normalized spacial score (nSPS) is 13.3. The van der Waals surface area contributed by atoms with Gasteiger partial charge in [-0.2, -0.15) is 0 Å². The van der Waals surface area contributed by atoms with Crippen LogP contribution in [0.3, 0.4) is 0 Å². The summed E-state index contributed by atoms with van der Waals surface area (Å²) in [6.07, 6.45) is 2.60. The highest BCUT2D eigenvalue weighted by atomic mass is 35.5. The molecule has 0 aliphatic carbocycles. The van der Waals surface area contributed by atoms with Crippen molar-refractivity contribution >= 4 is 29.9 Å². The lowest BCUT2D eigenvalue weighted by atomic mass is 10.2. The molecule has 3 rings (SSSR count). The molecule has 2 aromatic rings. The SMILES string of the molecule is COc1cc(CNCCCN2CCCC2=O)ccc1OCc1ccc(F)cc1Cl.Cl. The molecule has 1 amide bonds. The smallest absolute Gasteiger partial charge is 0.222 e. The van der Waals surface area contributed by atoms with Crippen LogP contribution in [0.15, 0.2) is 36.4 Å². The Balaban J connectivity index is 0.00000320. The average Bonchev–Trinajstić information content (AvgIpc) is 3.12. The van der Waals surface area contributed by atoms with E-state index in [1.165, 1.54) is 12.1 Å². The Morgan fingerprint density at radius 1 is 1.20 bits per heavy atom. The number of nitrogens with one attached hydrogen (secondary N) is 1. The van der Waals surface area contributed by atoms with Crippen LogP contribution in [0.25, 0.3) is 0 Å². The van der Waals surface area contributed by atoms with Crippen molar-refractivity contribution in [2.24, 2.45) is 0 Å². The van der Waals surface area contributed by atoms with Crippen LogP contribution in [-0.4, -0.2) is 37.6 Å². The van der Waals surface area contributed by atoms with Crippen molar-refractivity contribution in [3.05, 3.63) is 58.4 Å². The van der Waals surface area contributed by atoms with E-state index in [1.54, 1.807) is 13.2 Å². The number of carbonyl (C=O) groups excluding carboxylic acids is 1. The number of hydrogen-bond donors (Lipinski definition) is 1. The zero-order chi connectivity index (χ0) is 20.6. The highest BCUT2D eigenvalue weighted by Crippen LogP contribution is 2.29. The molecule has 164 valence electrons. The Kier molecular flexibility index (Phi) is 9.69. The Bertz CT molecular complexity index is 851. The standard InChI is InChI=1S/C22H26ClFN2O3.ClH/c1-28-21-12-16(14-25-9-3-11-26-10-2-4-22(26)27)5-8-20(21)29-15-17-6-7-18(24)13-19(17)23;/h5-8,12-13,25H,2-4,9-11,14-15H2,1H3;1H. The first-order chi connectivity index (χ1) is 14.1. The predicted molar refractivity (Wildman–Crippen MR) is 118 cm³/mol. The molecule has 0 saturated carbocycles. The number of amides is 1. The summed E-state index contributed by atoms with van der Waals surface area (Å²) >= 11 is 6.05. The van der Waals surface area contributed by atoms with Crippen LogP contribution in [0, 0.1) is 5.82 Å². The van der Waals surface area contributed by atoms with E-state index in [0.29, 0.717) is 35.1 Å². The number of rotatable bonds is 10. The van der Waals surface area contributed by atoms with Crippen LogP contribution >= 0.6 is 24.0 Å². The van der Waals surface area contributed by atoms with Crippen LogP contribution < -0.4 is 14.8 Å². The summed E-state index contributed by atoms with van der Waals surface area (Å²) < 4.78 is 24.4. The lowest BCUT2D eigenvalue weighted by Gasteiger charge is -2.15. The zero-order valence-corrected chi connectivity index (χ0v) is 18.5. The maximum absolute atomic E-state index is 13.2. The second-order valence-electron chi connectivity index (χ2n) is 7.02. The molecule has 2 aromatic carbocycles. The molecule has 8 heteroatoms. The van der Waals surface area contributed by atoms with E-state index >= 15 is 0 Å². The lowest BCUT2D eigenvalue weighted by molar-refractivity contribution is -0.127. The van der Waals surface area contributed by atoms with Gasteiger partial charge in [0.05, 0.1) is 12.1 Å². The first-order valence-electron chi connectivity index (χ1n) is 9.79. The molecule has 30 heavy (non-hydrogen) atoms. The molecule has 1 aliphatic heterocycles. The lowest BCUT2D eigenvalue weighted by Crippen LogP contribution is -2.28. The minimum atomic E-state index is -0.375. The largest absolute Gasteiger partial charge is 0.493 e. The van der Waals surface area contributed by atoms with Gasteiger partial charge in [0.1, 0.15) is 12.4 Å². The third-order valence-electron chi connectivity index (χ3n) is 4.91. The van der Waals surface area contributed by atoms with E-state index in [2.05, 4.69) is 5.32 Å². The zero-order valence-electron chi connectivity index (χ0n) is 17.0.